The normalized spacial score (nSPS) is 22.4. The average molecular weight is 389 g/mol. The molecule has 3 rings (SSSR count). The van der Waals surface area contributed by atoms with E-state index in [1.54, 1.807) is 11.3 Å². The van der Waals surface area contributed by atoms with Crippen LogP contribution in [0, 0.1) is 0 Å². The van der Waals surface area contributed by atoms with Crippen LogP contribution in [0.5, 0.6) is 5.75 Å². The fraction of sp³-hybridized carbons (Fsp3) is 0.231. The van der Waals surface area contributed by atoms with Gasteiger partial charge < -0.3 is 10.5 Å². The van der Waals surface area contributed by atoms with Gasteiger partial charge in [-0.25, -0.2) is 0 Å². The van der Waals surface area contributed by atoms with Crippen LogP contribution < -0.4 is 10.5 Å². The van der Waals surface area contributed by atoms with Crippen molar-refractivity contribution in [3.05, 3.63) is 49.0 Å². The Morgan fingerprint density at radius 1 is 1.22 bits per heavy atom. The van der Waals surface area contributed by atoms with Crippen molar-refractivity contribution in [1.29, 1.82) is 0 Å². The van der Waals surface area contributed by atoms with Gasteiger partial charge in [0, 0.05) is 37.9 Å². The molecule has 2 heterocycles. The number of hydrogen-bond acceptors (Lipinski definition) is 3. The van der Waals surface area contributed by atoms with Gasteiger partial charge in [0.05, 0.1) is 0 Å². The Kier molecular flexibility index (Phi) is 3.49. The Morgan fingerprint density at radius 3 is 2.78 bits per heavy atom. The molecular weight excluding hydrogens is 378 g/mol. The first-order valence-corrected chi connectivity index (χ1v) is 8.11. The van der Waals surface area contributed by atoms with Crippen LogP contribution >= 0.6 is 43.2 Å². The SMILES string of the molecule is NC1CC(c2cscc2Br)Oc2ccc(Br)cc21. The molecule has 0 bridgehead atoms. The van der Waals surface area contributed by atoms with E-state index in [4.69, 9.17) is 10.5 Å². The predicted molar refractivity (Wildman–Crippen MR) is 81.1 cm³/mol. The van der Waals surface area contributed by atoms with Crippen LogP contribution in [-0.2, 0) is 0 Å². The first kappa shape index (κ1) is 12.7. The summed E-state index contributed by atoms with van der Waals surface area (Å²) < 4.78 is 8.20. The van der Waals surface area contributed by atoms with Gasteiger partial charge in [-0.1, -0.05) is 15.9 Å². The van der Waals surface area contributed by atoms with Crippen molar-refractivity contribution >= 4 is 43.2 Å². The summed E-state index contributed by atoms with van der Waals surface area (Å²) in [4.78, 5) is 0. The van der Waals surface area contributed by atoms with Gasteiger partial charge in [-0.05, 0) is 39.5 Å². The van der Waals surface area contributed by atoms with E-state index < -0.39 is 0 Å². The van der Waals surface area contributed by atoms with E-state index in [0.29, 0.717) is 0 Å². The lowest BCUT2D eigenvalue weighted by atomic mass is 9.95. The van der Waals surface area contributed by atoms with Gasteiger partial charge >= 0.3 is 0 Å². The summed E-state index contributed by atoms with van der Waals surface area (Å²) in [5.74, 6) is 0.889. The van der Waals surface area contributed by atoms with Crippen LogP contribution in [0.4, 0.5) is 0 Å². The molecule has 0 spiro atoms. The lowest BCUT2D eigenvalue weighted by Crippen LogP contribution is -2.24. The van der Waals surface area contributed by atoms with E-state index in [9.17, 15) is 0 Å². The number of nitrogens with two attached hydrogens (primary N) is 1. The van der Waals surface area contributed by atoms with Crippen molar-refractivity contribution < 1.29 is 4.74 Å². The summed E-state index contributed by atoms with van der Waals surface area (Å²) in [6.45, 7) is 0. The molecule has 0 aliphatic carbocycles. The fourth-order valence-electron chi connectivity index (χ4n) is 2.19. The molecule has 1 aromatic carbocycles. The third-order valence-electron chi connectivity index (χ3n) is 3.10. The highest BCUT2D eigenvalue weighted by Crippen LogP contribution is 2.43. The molecule has 1 aliphatic rings. The Hall–Kier alpha value is -0.360. The second kappa shape index (κ2) is 4.96. The first-order chi connectivity index (χ1) is 8.65. The molecule has 1 aliphatic heterocycles. The molecule has 2 unspecified atom stereocenters. The molecule has 2 atom stereocenters. The number of benzene rings is 1. The third kappa shape index (κ3) is 2.25. The van der Waals surface area contributed by atoms with Crippen LogP contribution in [0.3, 0.4) is 0 Å². The highest BCUT2D eigenvalue weighted by Gasteiger charge is 2.28. The van der Waals surface area contributed by atoms with Gasteiger partial charge in [-0.15, -0.1) is 0 Å². The van der Waals surface area contributed by atoms with E-state index in [1.165, 1.54) is 5.56 Å². The zero-order chi connectivity index (χ0) is 12.7. The van der Waals surface area contributed by atoms with Crippen molar-refractivity contribution in [2.45, 2.75) is 18.6 Å². The van der Waals surface area contributed by atoms with Crippen LogP contribution in [0.25, 0.3) is 0 Å². The van der Waals surface area contributed by atoms with Crippen LogP contribution in [0.2, 0.25) is 0 Å². The molecule has 2 nitrogen and oxygen atoms in total. The third-order valence-corrected chi connectivity index (χ3v) is 5.34. The summed E-state index contributed by atoms with van der Waals surface area (Å²) in [6.07, 6.45) is 0.841. The number of fused-ring (bicyclic) bond motifs is 1. The van der Waals surface area contributed by atoms with Crippen LogP contribution in [0.1, 0.15) is 29.7 Å². The number of rotatable bonds is 1. The van der Waals surface area contributed by atoms with Crippen molar-refractivity contribution in [1.82, 2.24) is 0 Å². The number of hydrogen-bond donors (Lipinski definition) is 1. The fourth-order valence-corrected chi connectivity index (χ4v) is 4.16. The molecule has 94 valence electrons. The molecule has 5 heteroatoms. The molecule has 0 amide bonds. The molecule has 0 fully saturated rings. The Bertz CT molecular complexity index is 584. The van der Waals surface area contributed by atoms with Crippen molar-refractivity contribution in [3.8, 4) is 5.75 Å². The maximum Gasteiger partial charge on any atom is 0.127 e. The van der Waals surface area contributed by atoms with Gasteiger partial charge in [0.25, 0.3) is 0 Å². The summed E-state index contributed by atoms with van der Waals surface area (Å²) >= 11 is 8.69. The molecule has 2 aromatic rings. The lowest BCUT2D eigenvalue weighted by Gasteiger charge is -2.30. The van der Waals surface area contributed by atoms with Gasteiger partial charge in [0.15, 0.2) is 0 Å². The van der Waals surface area contributed by atoms with E-state index in [-0.39, 0.29) is 12.1 Å². The molecule has 0 saturated carbocycles. The van der Waals surface area contributed by atoms with Crippen molar-refractivity contribution in [3.63, 3.8) is 0 Å². The molecule has 0 saturated heterocycles. The highest BCUT2D eigenvalue weighted by molar-refractivity contribution is 9.10. The average Bonchev–Trinajstić information content (AvgIpc) is 2.76. The maximum atomic E-state index is 6.25. The monoisotopic (exact) mass is 387 g/mol. The first-order valence-electron chi connectivity index (χ1n) is 5.58. The summed E-state index contributed by atoms with van der Waals surface area (Å²) in [6, 6.07) is 6.02. The standard InChI is InChI=1S/C13H11Br2NOS/c14-7-1-2-12-8(3-7)11(16)4-13(17-12)9-5-18-6-10(9)15/h1-3,5-6,11,13H,4,16H2. The highest BCUT2D eigenvalue weighted by atomic mass is 79.9. The minimum Gasteiger partial charge on any atom is -0.485 e. The number of thiophene rings is 1. The Labute approximate surface area is 126 Å². The van der Waals surface area contributed by atoms with Gasteiger partial charge in [0.1, 0.15) is 11.9 Å². The lowest BCUT2D eigenvalue weighted by molar-refractivity contribution is 0.161. The number of halogens is 2. The number of ether oxygens (including phenoxy) is 1. The molecule has 18 heavy (non-hydrogen) atoms. The Morgan fingerprint density at radius 2 is 2.06 bits per heavy atom. The van der Waals surface area contributed by atoms with Gasteiger partial charge in [-0.3, -0.25) is 0 Å². The largest absolute Gasteiger partial charge is 0.485 e. The zero-order valence-corrected chi connectivity index (χ0v) is 13.4. The summed E-state index contributed by atoms with van der Waals surface area (Å²) in [5, 5.41) is 4.19. The van der Waals surface area contributed by atoms with Crippen LogP contribution in [-0.4, -0.2) is 0 Å². The van der Waals surface area contributed by atoms with Crippen molar-refractivity contribution in [2.24, 2.45) is 5.73 Å². The molecule has 1 aromatic heterocycles. The van der Waals surface area contributed by atoms with E-state index >= 15 is 0 Å². The van der Waals surface area contributed by atoms with Gasteiger partial charge in [-0.2, -0.15) is 11.3 Å². The molecule has 0 radical (unpaired) electrons. The molecule has 2 N–H and O–H groups in total. The summed E-state index contributed by atoms with van der Waals surface area (Å²) in [5.41, 5.74) is 8.51. The Balaban J connectivity index is 1.97. The zero-order valence-electron chi connectivity index (χ0n) is 9.40. The van der Waals surface area contributed by atoms with Crippen molar-refractivity contribution in [2.75, 3.05) is 0 Å². The smallest absolute Gasteiger partial charge is 0.127 e. The minimum atomic E-state index is 0.0167. The van der Waals surface area contributed by atoms with E-state index in [2.05, 4.69) is 42.6 Å². The van der Waals surface area contributed by atoms with Gasteiger partial charge in [0.2, 0.25) is 0 Å². The molecular formula is C13H11Br2NOS. The topological polar surface area (TPSA) is 35.2 Å². The van der Waals surface area contributed by atoms with E-state index in [1.807, 2.05) is 18.2 Å². The van der Waals surface area contributed by atoms with E-state index in [0.717, 1.165) is 26.7 Å². The minimum absolute atomic E-state index is 0.0167. The summed E-state index contributed by atoms with van der Waals surface area (Å²) in [7, 11) is 0. The van der Waals surface area contributed by atoms with Crippen LogP contribution in [0.15, 0.2) is 37.9 Å². The maximum absolute atomic E-state index is 6.25. The second-order valence-corrected chi connectivity index (χ2v) is 6.82. The predicted octanol–water partition coefficient (Wildman–Crippen LogP) is 4.80. The quantitative estimate of drug-likeness (QED) is 0.761. The second-order valence-electron chi connectivity index (χ2n) is 4.31.